The van der Waals surface area contributed by atoms with E-state index in [1.54, 1.807) is 17.0 Å². The predicted molar refractivity (Wildman–Crippen MR) is 110 cm³/mol. The summed E-state index contributed by atoms with van der Waals surface area (Å²) in [5.74, 6) is -0.0773. The van der Waals surface area contributed by atoms with Gasteiger partial charge in [-0.25, -0.2) is 0 Å². The van der Waals surface area contributed by atoms with E-state index in [4.69, 9.17) is 10.5 Å². The van der Waals surface area contributed by atoms with E-state index in [-0.39, 0.29) is 25.0 Å². The van der Waals surface area contributed by atoms with Crippen molar-refractivity contribution in [1.29, 1.82) is 0 Å². The van der Waals surface area contributed by atoms with Crippen LogP contribution in [0.25, 0.3) is 0 Å². The van der Waals surface area contributed by atoms with Gasteiger partial charge in [0.15, 0.2) is 0 Å². The van der Waals surface area contributed by atoms with E-state index >= 15 is 0 Å². The molecule has 0 spiro atoms. The molecule has 2 amide bonds. The summed E-state index contributed by atoms with van der Waals surface area (Å²) in [5, 5.41) is 0. The highest BCUT2D eigenvalue weighted by atomic mass is 79.9. The summed E-state index contributed by atoms with van der Waals surface area (Å²) in [6.07, 6.45) is 0.760. The van der Waals surface area contributed by atoms with E-state index in [0.29, 0.717) is 24.3 Å². The first kappa shape index (κ1) is 21.0. The third-order valence-electron chi connectivity index (χ3n) is 3.96. The maximum atomic E-state index is 13.2. The Hall–Kier alpha value is -2.34. The van der Waals surface area contributed by atoms with E-state index in [9.17, 15) is 9.59 Å². The second-order valence-corrected chi connectivity index (χ2v) is 7.47. The molecule has 2 rings (SSSR count). The number of ether oxygens (including phenoxy) is 1. The molecule has 27 heavy (non-hydrogen) atoms. The SMILES string of the molecule is CC(C)Oc1ccc(Br)cc1C(=O)N(CCC(N)=O)CCc1ccccc1. The largest absolute Gasteiger partial charge is 0.490 e. The Balaban J connectivity index is 2.24. The lowest BCUT2D eigenvalue weighted by molar-refractivity contribution is -0.118. The van der Waals surface area contributed by atoms with Gasteiger partial charge >= 0.3 is 0 Å². The fraction of sp³-hybridized carbons (Fsp3) is 0.333. The van der Waals surface area contributed by atoms with Gasteiger partial charge in [0.25, 0.3) is 5.91 Å². The molecule has 0 aliphatic rings. The minimum absolute atomic E-state index is 0.0545. The molecule has 2 N–H and O–H groups in total. The number of carbonyl (C=O) groups excluding carboxylic acids is 2. The van der Waals surface area contributed by atoms with Gasteiger partial charge in [0, 0.05) is 24.0 Å². The highest BCUT2D eigenvalue weighted by Crippen LogP contribution is 2.26. The smallest absolute Gasteiger partial charge is 0.257 e. The minimum atomic E-state index is -0.430. The number of primary amides is 1. The predicted octanol–water partition coefficient (Wildman–Crippen LogP) is 3.80. The summed E-state index contributed by atoms with van der Waals surface area (Å²) in [6.45, 7) is 4.59. The van der Waals surface area contributed by atoms with Crippen LogP contribution in [0.1, 0.15) is 36.2 Å². The zero-order valence-corrected chi connectivity index (χ0v) is 17.2. The Labute approximate surface area is 168 Å². The Morgan fingerprint density at radius 3 is 2.44 bits per heavy atom. The molecule has 0 heterocycles. The standard InChI is InChI=1S/C21H25BrN2O3/c1-15(2)27-19-9-8-17(22)14-18(19)21(26)24(13-11-20(23)25)12-10-16-6-4-3-5-7-16/h3-9,14-15H,10-13H2,1-2H3,(H2,23,25). The second-order valence-electron chi connectivity index (χ2n) is 6.55. The Bertz CT molecular complexity index is 778. The van der Waals surface area contributed by atoms with Gasteiger partial charge in [-0.1, -0.05) is 46.3 Å². The molecule has 0 aromatic heterocycles. The number of hydrogen-bond donors (Lipinski definition) is 1. The number of carbonyl (C=O) groups is 2. The van der Waals surface area contributed by atoms with Gasteiger partial charge in [0.2, 0.25) is 5.91 Å². The first-order valence-corrected chi connectivity index (χ1v) is 9.74. The maximum absolute atomic E-state index is 13.2. The van der Waals surface area contributed by atoms with Crippen molar-refractivity contribution in [3.63, 3.8) is 0 Å². The first-order valence-electron chi connectivity index (χ1n) is 8.94. The van der Waals surface area contributed by atoms with E-state index in [1.165, 1.54) is 0 Å². The van der Waals surface area contributed by atoms with Gasteiger partial charge in [-0.05, 0) is 44.0 Å². The van der Waals surface area contributed by atoms with Gasteiger partial charge in [0.1, 0.15) is 5.75 Å². The normalized spacial score (nSPS) is 10.7. The number of hydrogen-bond acceptors (Lipinski definition) is 3. The fourth-order valence-corrected chi connectivity index (χ4v) is 3.03. The van der Waals surface area contributed by atoms with Gasteiger partial charge < -0.3 is 15.4 Å². The molecule has 0 aliphatic carbocycles. The zero-order chi connectivity index (χ0) is 19.8. The molecule has 2 aromatic carbocycles. The van der Waals surface area contributed by atoms with Crippen molar-refractivity contribution in [2.75, 3.05) is 13.1 Å². The lowest BCUT2D eigenvalue weighted by Gasteiger charge is -2.24. The highest BCUT2D eigenvalue weighted by Gasteiger charge is 2.21. The summed E-state index contributed by atoms with van der Waals surface area (Å²) in [5.41, 5.74) is 6.89. The van der Waals surface area contributed by atoms with Crippen molar-refractivity contribution in [1.82, 2.24) is 4.90 Å². The van der Waals surface area contributed by atoms with Crippen LogP contribution < -0.4 is 10.5 Å². The molecular formula is C21H25BrN2O3. The van der Waals surface area contributed by atoms with Crippen LogP contribution in [0.2, 0.25) is 0 Å². The number of benzene rings is 2. The van der Waals surface area contributed by atoms with Crippen molar-refractivity contribution in [3.05, 3.63) is 64.1 Å². The molecule has 0 atom stereocenters. The summed E-state index contributed by atoms with van der Waals surface area (Å²) >= 11 is 3.42. The van der Waals surface area contributed by atoms with Gasteiger partial charge in [-0.15, -0.1) is 0 Å². The topological polar surface area (TPSA) is 72.6 Å². The number of nitrogens with two attached hydrogens (primary N) is 1. The molecule has 0 aliphatic heterocycles. The number of nitrogens with zero attached hydrogens (tertiary/aromatic N) is 1. The summed E-state index contributed by atoms with van der Waals surface area (Å²) in [4.78, 5) is 26.1. The van der Waals surface area contributed by atoms with E-state index in [0.717, 1.165) is 10.0 Å². The third-order valence-corrected chi connectivity index (χ3v) is 4.46. The van der Waals surface area contributed by atoms with Crippen LogP contribution in [0.3, 0.4) is 0 Å². The van der Waals surface area contributed by atoms with Gasteiger partial charge in [-0.3, -0.25) is 9.59 Å². The fourth-order valence-electron chi connectivity index (χ4n) is 2.67. The zero-order valence-electron chi connectivity index (χ0n) is 15.7. The number of amides is 2. The quantitative estimate of drug-likeness (QED) is 0.654. The van der Waals surface area contributed by atoms with Crippen molar-refractivity contribution >= 4 is 27.7 Å². The summed E-state index contributed by atoms with van der Waals surface area (Å²) in [6, 6.07) is 15.3. The molecule has 6 heteroatoms. The van der Waals surface area contributed by atoms with Crippen LogP contribution >= 0.6 is 15.9 Å². The molecule has 0 radical (unpaired) electrons. The van der Waals surface area contributed by atoms with Crippen molar-refractivity contribution < 1.29 is 14.3 Å². The van der Waals surface area contributed by atoms with Crippen LogP contribution in [-0.2, 0) is 11.2 Å². The van der Waals surface area contributed by atoms with Crippen molar-refractivity contribution in [2.24, 2.45) is 5.73 Å². The van der Waals surface area contributed by atoms with Gasteiger partial charge in [0.05, 0.1) is 11.7 Å². The van der Waals surface area contributed by atoms with Crippen molar-refractivity contribution in [2.45, 2.75) is 32.8 Å². The van der Waals surface area contributed by atoms with Crippen LogP contribution in [0, 0.1) is 0 Å². The van der Waals surface area contributed by atoms with E-state index in [2.05, 4.69) is 15.9 Å². The lowest BCUT2D eigenvalue weighted by atomic mass is 10.1. The molecule has 0 saturated heterocycles. The molecule has 2 aromatic rings. The molecule has 0 bridgehead atoms. The number of rotatable bonds is 9. The molecular weight excluding hydrogens is 408 g/mol. The molecule has 0 saturated carbocycles. The number of halogens is 1. The first-order chi connectivity index (χ1) is 12.9. The maximum Gasteiger partial charge on any atom is 0.257 e. The molecule has 144 valence electrons. The third kappa shape index (κ3) is 6.71. The Morgan fingerprint density at radius 2 is 1.81 bits per heavy atom. The van der Waals surface area contributed by atoms with Crippen LogP contribution in [0.4, 0.5) is 0 Å². The molecule has 0 fully saturated rings. The van der Waals surface area contributed by atoms with Crippen LogP contribution in [-0.4, -0.2) is 35.9 Å². The average molecular weight is 433 g/mol. The van der Waals surface area contributed by atoms with E-state index in [1.807, 2.05) is 50.2 Å². The van der Waals surface area contributed by atoms with Gasteiger partial charge in [-0.2, -0.15) is 0 Å². The monoisotopic (exact) mass is 432 g/mol. The average Bonchev–Trinajstić information content (AvgIpc) is 2.63. The molecule has 0 unspecified atom stereocenters. The minimum Gasteiger partial charge on any atom is -0.490 e. The van der Waals surface area contributed by atoms with Crippen molar-refractivity contribution in [3.8, 4) is 5.75 Å². The second kappa shape index (κ2) is 10.1. The summed E-state index contributed by atoms with van der Waals surface area (Å²) in [7, 11) is 0. The Morgan fingerprint density at radius 1 is 1.11 bits per heavy atom. The lowest BCUT2D eigenvalue weighted by Crippen LogP contribution is -2.36. The van der Waals surface area contributed by atoms with E-state index < -0.39 is 5.91 Å². The highest BCUT2D eigenvalue weighted by molar-refractivity contribution is 9.10. The van der Waals surface area contributed by atoms with Crippen LogP contribution in [0.5, 0.6) is 5.75 Å². The summed E-state index contributed by atoms with van der Waals surface area (Å²) < 4.78 is 6.59. The Kier molecular flexibility index (Phi) is 7.85. The van der Waals surface area contributed by atoms with Crippen LogP contribution in [0.15, 0.2) is 53.0 Å². The molecule has 5 nitrogen and oxygen atoms in total.